The predicted octanol–water partition coefficient (Wildman–Crippen LogP) is 3.21. The lowest BCUT2D eigenvalue weighted by Gasteiger charge is -2.32. The van der Waals surface area contributed by atoms with Crippen LogP contribution in [0.5, 0.6) is 5.75 Å². The Balaban J connectivity index is 1.81. The van der Waals surface area contributed by atoms with Gasteiger partial charge in [-0.1, -0.05) is 30.3 Å². The maximum absolute atomic E-state index is 14.1. The molecule has 0 aliphatic carbocycles. The molecule has 1 aliphatic heterocycles. The van der Waals surface area contributed by atoms with Gasteiger partial charge in [0, 0.05) is 18.8 Å². The highest BCUT2D eigenvalue weighted by Crippen LogP contribution is 2.35. The number of carbonyl (C=O) groups excluding carboxylic acids is 3. The third kappa shape index (κ3) is 5.79. The number of primary amides is 1. The molecular formula is C27H31N5O5S. The van der Waals surface area contributed by atoms with Crippen LogP contribution in [-0.2, 0) is 9.53 Å². The average Bonchev–Trinajstić information content (AvgIpc) is 3.57. The number of aryl methyl sites for hydroxylation is 1. The molecule has 10 nitrogen and oxygen atoms in total. The molecule has 2 heterocycles. The van der Waals surface area contributed by atoms with Crippen LogP contribution >= 0.6 is 11.5 Å². The summed E-state index contributed by atoms with van der Waals surface area (Å²) >= 11 is 0.770. The van der Waals surface area contributed by atoms with Gasteiger partial charge in [0.1, 0.15) is 16.7 Å². The molecule has 0 saturated carbocycles. The molecule has 0 spiro atoms. The fraction of sp³-hybridized carbons (Fsp3) is 0.333. The number of amides is 3. The number of nitrogens with two attached hydrogens (primary N) is 2. The second-order valence-corrected chi connectivity index (χ2v) is 9.66. The molecule has 3 aromatic rings. The summed E-state index contributed by atoms with van der Waals surface area (Å²) in [7, 11) is 0. The number of para-hydroxylation sites is 1. The zero-order chi connectivity index (χ0) is 27.2. The molecule has 5 N–H and O–H groups in total. The summed E-state index contributed by atoms with van der Waals surface area (Å²) in [5, 5.41) is 2.97. The van der Waals surface area contributed by atoms with Crippen LogP contribution in [0.4, 0.5) is 11.4 Å². The zero-order valence-electron chi connectivity index (χ0n) is 21.3. The largest absolute Gasteiger partial charge is 0.494 e. The van der Waals surface area contributed by atoms with Crippen molar-refractivity contribution in [3.8, 4) is 5.75 Å². The third-order valence-electron chi connectivity index (χ3n) is 6.29. The summed E-state index contributed by atoms with van der Waals surface area (Å²) in [6.07, 6.45) is 1.70. The van der Waals surface area contributed by atoms with Crippen LogP contribution in [0.25, 0.3) is 0 Å². The zero-order valence-corrected chi connectivity index (χ0v) is 22.1. The molecule has 38 heavy (non-hydrogen) atoms. The topological polar surface area (TPSA) is 150 Å². The van der Waals surface area contributed by atoms with Gasteiger partial charge in [-0.05, 0) is 67.5 Å². The van der Waals surface area contributed by atoms with E-state index in [4.69, 9.17) is 20.9 Å². The van der Waals surface area contributed by atoms with Crippen molar-refractivity contribution < 1.29 is 23.9 Å². The van der Waals surface area contributed by atoms with Crippen molar-refractivity contribution in [1.82, 2.24) is 9.69 Å². The number of nitrogens with one attached hydrogen (secondary N) is 1. The number of hydrogen-bond acceptors (Lipinski definition) is 8. The first-order valence-electron chi connectivity index (χ1n) is 12.4. The molecule has 0 unspecified atom stereocenters. The molecule has 1 saturated heterocycles. The Morgan fingerprint density at radius 3 is 2.55 bits per heavy atom. The van der Waals surface area contributed by atoms with Crippen LogP contribution in [0.1, 0.15) is 57.1 Å². The molecule has 1 fully saturated rings. The van der Waals surface area contributed by atoms with Crippen molar-refractivity contribution >= 4 is 40.6 Å². The normalized spacial score (nSPS) is 15.6. The van der Waals surface area contributed by atoms with Crippen molar-refractivity contribution in [2.75, 3.05) is 30.4 Å². The minimum absolute atomic E-state index is 0.0184. The first kappa shape index (κ1) is 27.1. The SMILES string of the molecule is CCOc1ccc([C@@H](C(=O)NC[C@H]2CCCO2)N(C(=O)c2snc(C(N)=O)c2N)c2ccccc2C)cc1. The number of anilines is 2. The van der Waals surface area contributed by atoms with Crippen molar-refractivity contribution in [3.05, 3.63) is 70.2 Å². The van der Waals surface area contributed by atoms with Crippen molar-refractivity contribution in [2.24, 2.45) is 5.73 Å². The van der Waals surface area contributed by atoms with E-state index in [0.717, 1.165) is 29.9 Å². The number of carbonyl (C=O) groups is 3. The van der Waals surface area contributed by atoms with Gasteiger partial charge in [-0.2, -0.15) is 4.37 Å². The fourth-order valence-electron chi connectivity index (χ4n) is 4.39. The average molecular weight is 538 g/mol. The molecule has 11 heteroatoms. The van der Waals surface area contributed by atoms with Gasteiger partial charge in [0.25, 0.3) is 11.8 Å². The van der Waals surface area contributed by atoms with Crippen molar-refractivity contribution in [2.45, 2.75) is 38.8 Å². The number of benzene rings is 2. The van der Waals surface area contributed by atoms with Crippen LogP contribution in [0, 0.1) is 6.92 Å². The van der Waals surface area contributed by atoms with Gasteiger partial charge in [0.15, 0.2) is 5.69 Å². The maximum atomic E-state index is 14.1. The summed E-state index contributed by atoms with van der Waals surface area (Å²) in [6.45, 7) is 5.19. The van der Waals surface area contributed by atoms with E-state index < -0.39 is 17.9 Å². The van der Waals surface area contributed by atoms with Gasteiger partial charge in [0.2, 0.25) is 5.91 Å². The standard InChI is InChI=1S/C27H31N5O5S/c1-3-36-18-12-10-17(11-13-18)23(26(34)30-15-19-8-6-14-37-19)32(20-9-5-4-7-16(20)2)27(35)24-21(28)22(25(29)33)31-38-24/h4-5,7,9-13,19,23H,3,6,8,14-15,28H2,1-2H3,(H2,29,33)(H,30,34)/t19-,23+/m1/s1. The van der Waals surface area contributed by atoms with Crippen LogP contribution in [0.15, 0.2) is 48.5 Å². The van der Waals surface area contributed by atoms with Gasteiger partial charge >= 0.3 is 0 Å². The molecule has 2 atom stereocenters. The number of hydrogen-bond donors (Lipinski definition) is 3. The fourth-order valence-corrected chi connectivity index (χ4v) is 5.13. The Hall–Kier alpha value is -3.96. The van der Waals surface area contributed by atoms with Gasteiger partial charge < -0.3 is 26.3 Å². The van der Waals surface area contributed by atoms with E-state index in [9.17, 15) is 14.4 Å². The van der Waals surface area contributed by atoms with E-state index in [2.05, 4.69) is 9.69 Å². The summed E-state index contributed by atoms with van der Waals surface area (Å²) in [5.74, 6) is -1.16. The van der Waals surface area contributed by atoms with Crippen LogP contribution in [-0.4, -0.2) is 48.0 Å². The number of nitrogens with zero attached hydrogens (tertiary/aromatic N) is 2. The van der Waals surface area contributed by atoms with E-state index in [1.165, 1.54) is 4.90 Å². The van der Waals surface area contributed by atoms with E-state index >= 15 is 0 Å². The molecule has 200 valence electrons. The molecule has 1 aromatic heterocycles. The highest BCUT2D eigenvalue weighted by atomic mass is 32.1. The molecule has 3 amide bonds. The van der Waals surface area contributed by atoms with Crippen LogP contribution in [0.2, 0.25) is 0 Å². The summed E-state index contributed by atoms with van der Waals surface area (Å²) in [6, 6.07) is 13.2. The van der Waals surface area contributed by atoms with E-state index in [1.807, 2.05) is 26.0 Å². The molecule has 2 aromatic carbocycles. The van der Waals surface area contributed by atoms with Crippen LogP contribution < -0.4 is 26.4 Å². The Morgan fingerprint density at radius 1 is 1.21 bits per heavy atom. The minimum atomic E-state index is -1.07. The van der Waals surface area contributed by atoms with Gasteiger partial charge in [-0.25, -0.2) is 0 Å². The van der Waals surface area contributed by atoms with Crippen molar-refractivity contribution in [3.63, 3.8) is 0 Å². The van der Waals surface area contributed by atoms with Crippen molar-refractivity contribution in [1.29, 1.82) is 0 Å². The van der Waals surface area contributed by atoms with E-state index in [0.29, 0.717) is 36.8 Å². The molecule has 4 rings (SSSR count). The second kappa shape index (κ2) is 12.1. The van der Waals surface area contributed by atoms with Gasteiger partial charge in [0.05, 0.1) is 18.4 Å². The monoisotopic (exact) mass is 537 g/mol. The Labute approximate surface area is 225 Å². The lowest BCUT2D eigenvalue weighted by atomic mass is 10.0. The highest BCUT2D eigenvalue weighted by molar-refractivity contribution is 7.09. The molecule has 0 radical (unpaired) electrons. The summed E-state index contributed by atoms with van der Waals surface area (Å²) in [4.78, 5) is 41.2. The Bertz CT molecular complexity index is 1300. The lowest BCUT2D eigenvalue weighted by Crippen LogP contribution is -2.45. The number of ether oxygens (including phenoxy) is 2. The highest BCUT2D eigenvalue weighted by Gasteiger charge is 2.37. The van der Waals surface area contributed by atoms with Gasteiger partial charge in [-0.15, -0.1) is 0 Å². The van der Waals surface area contributed by atoms with E-state index in [1.54, 1.807) is 36.4 Å². The maximum Gasteiger partial charge on any atom is 0.273 e. The number of nitrogen functional groups attached to an aromatic ring is 1. The number of aromatic nitrogens is 1. The summed E-state index contributed by atoms with van der Waals surface area (Å²) in [5.41, 5.74) is 13.1. The number of rotatable bonds is 10. The van der Waals surface area contributed by atoms with Gasteiger partial charge in [-0.3, -0.25) is 19.3 Å². The first-order valence-corrected chi connectivity index (χ1v) is 13.1. The van der Waals surface area contributed by atoms with E-state index in [-0.39, 0.29) is 28.3 Å². The first-order chi connectivity index (χ1) is 18.3. The molecule has 1 aliphatic rings. The lowest BCUT2D eigenvalue weighted by molar-refractivity contribution is -0.123. The minimum Gasteiger partial charge on any atom is -0.494 e. The second-order valence-electron chi connectivity index (χ2n) is 8.88. The van der Waals surface area contributed by atoms with Crippen LogP contribution in [0.3, 0.4) is 0 Å². The smallest absolute Gasteiger partial charge is 0.273 e. The molecular weight excluding hydrogens is 506 g/mol. The summed E-state index contributed by atoms with van der Waals surface area (Å²) < 4.78 is 15.2. The third-order valence-corrected chi connectivity index (χ3v) is 7.14. The Morgan fingerprint density at radius 2 is 1.95 bits per heavy atom. The predicted molar refractivity (Wildman–Crippen MR) is 145 cm³/mol. The quantitative estimate of drug-likeness (QED) is 0.359. The molecule has 0 bridgehead atoms. The Kier molecular flexibility index (Phi) is 8.59.